The van der Waals surface area contributed by atoms with Gasteiger partial charge in [0.2, 0.25) is 0 Å². The van der Waals surface area contributed by atoms with Crippen molar-refractivity contribution in [3.8, 4) is 6.07 Å². The summed E-state index contributed by atoms with van der Waals surface area (Å²) in [4.78, 5) is 12.2. The Labute approximate surface area is 75.8 Å². The number of carbonyl (C=O) groups excluding carboxylic acids is 1. The molecule has 0 radical (unpaired) electrons. The molecular weight excluding hydrogens is 172 g/mol. The van der Waals surface area contributed by atoms with Gasteiger partial charge in [0.05, 0.1) is 25.2 Å². The highest BCUT2D eigenvalue weighted by Crippen LogP contribution is 2.14. The summed E-state index contributed by atoms with van der Waals surface area (Å²) >= 11 is 0. The maximum atomic E-state index is 11.0. The zero-order valence-electron chi connectivity index (χ0n) is 7.17. The van der Waals surface area contributed by atoms with Crippen LogP contribution in [0.5, 0.6) is 0 Å². The summed E-state index contributed by atoms with van der Waals surface area (Å²) in [6, 6.07) is 1.91. The molecule has 0 aromatic rings. The first kappa shape index (κ1) is 9.55. The van der Waals surface area contributed by atoms with Crippen LogP contribution in [0.1, 0.15) is 0 Å². The van der Waals surface area contributed by atoms with E-state index < -0.39 is 18.1 Å². The maximum Gasteiger partial charge on any atom is 0.413 e. The van der Waals surface area contributed by atoms with Crippen molar-refractivity contribution >= 4 is 6.09 Å². The van der Waals surface area contributed by atoms with Gasteiger partial charge >= 0.3 is 6.09 Å². The topological polar surface area (TPSA) is 73.6 Å². The van der Waals surface area contributed by atoms with Gasteiger partial charge in [-0.05, 0) is 6.08 Å². The van der Waals surface area contributed by atoms with E-state index >= 15 is 0 Å². The minimum absolute atomic E-state index is 0.167. The van der Waals surface area contributed by atoms with Gasteiger partial charge in [0, 0.05) is 12.7 Å². The predicted octanol–water partition coefficient (Wildman–Crippen LogP) is 0.0828. The van der Waals surface area contributed by atoms with Crippen LogP contribution in [-0.4, -0.2) is 35.9 Å². The number of rotatable bonds is 0. The molecule has 0 fully saturated rings. The summed E-state index contributed by atoms with van der Waals surface area (Å²) in [5, 5.41) is 17.9. The number of nitriles is 1. The minimum atomic E-state index is -0.800. The number of hydrogen-bond donors (Lipinski definition) is 1. The molecule has 5 nitrogen and oxygen atoms in total. The molecular formula is C8H10N2O3. The smallest absolute Gasteiger partial charge is 0.413 e. The molecule has 0 bridgehead atoms. The zero-order valence-corrected chi connectivity index (χ0v) is 7.17. The Morgan fingerprint density at radius 3 is 3.08 bits per heavy atom. The first-order chi connectivity index (χ1) is 6.19. The molecule has 0 aliphatic carbocycles. The lowest BCUT2D eigenvalue weighted by Crippen LogP contribution is -2.38. The van der Waals surface area contributed by atoms with Gasteiger partial charge in [-0.25, -0.2) is 4.79 Å². The van der Waals surface area contributed by atoms with E-state index in [1.807, 2.05) is 6.07 Å². The molecule has 70 valence electrons. The Kier molecular flexibility index (Phi) is 2.88. The second-order valence-corrected chi connectivity index (χ2v) is 2.69. The van der Waals surface area contributed by atoms with Crippen LogP contribution in [0.3, 0.4) is 0 Å². The number of amides is 1. The number of hydrogen-bond acceptors (Lipinski definition) is 4. The van der Waals surface area contributed by atoms with Crippen LogP contribution in [0.25, 0.3) is 0 Å². The van der Waals surface area contributed by atoms with Crippen molar-refractivity contribution in [3.63, 3.8) is 0 Å². The monoisotopic (exact) mass is 182 g/mol. The summed E-state index contributed by atoms with van der Waals surface area (Å²) in [5.74, 6) is -0.580. The van der Waals surface area contributed by atoms with Crippen LogP contribution >= 0.6 is 0 Å². The molecule has 2 atom stereocenters. The van der Waals surface area contributed by atoms with Crippen LogP contribution in [0.4, 0.5) is 4.79 Å². The van der Waals surface area contributed by atoms with Crippen LogP contribution in [0, 0.1) is 17.2 Å². The highest BCUT2D eigenvalue weighted by atomic mass is 16.5. The number of ether oxygens (including phenoxy) is 1. The Bertz CT molecular complexity index is 269. The molecule has 13 heavy (non-hydrogen) atoms. The molecule has 5 heteroatoms. The molecule has 1 heterocycles. The highest BCUT2D eigenvalue weighted by molar-refractivity contribution is 5.69. The zero-order chi connectivity index (χ0) is 9.84. The number of aliphatic hydroxyl groups is 1. The lowest BCUT2D eigenvalue weighted by Gasteiger charge is -2.26. The third-order valence-corrected chi connectivity index (χ3v) is 1.84. The third kappa shape index (κ3) is 1.98. The highest BCUT2D eigenvalue weighted by Gasteiger charge is 2.26. The predicted molar refractivity (Wildman–Crippen MR) is 43.4 cm³/mol. The maximum absolute atomic E-state index is 11.0. The van der Waals surface area contributed by atoms with E-state index in [0.717, 1.165) is 0 Å². The molecule has 1 aliphatic rings. The molecule has 1 rings (SSSR count). The van der Waals surface area contributed by atoms with Gasteiger partial charge < -0.3 is 9.84 Å². The van der Waals surface area contributed by atoms with Gasteiger partial charge in [0.15, 0.2) is 0 Å². The van der Waals surface area contributed by atoms with Gasteiger partial charge in [0.25, 0.3) is 0 Å². The standard InChI is InChI=1S/C8H10N2O3/c1-13-8(12)10-3-2-7(11)6(4-9)5-10/h2-3,6-7,11H,5H2,1H3/t6-,7+/m1/s1. The normalized spacial score (nSPS) is 26.7. The van der Waals surface area contributed by atoms with Crippen LogP contribution in [0.2, 0.25) is 0 Å². The average molecular weight is 182 g/mol. The molecule has 0 aromatic carbocycles. The molecule has 1 N–H and O–H groups in total. The van der Waals surface area contributed by atoms with E-state index in [1.165, 1.54) is 24.3 Å². The van der Waals surface area contributed by atoms with Gasteiger partial charge in [-0.2, -0.15) is 5.26 Å². The Morgan fingerprint density at radius 1 is 1.85 bits per heavy atom. The van der Waals surface area contributed by atoms with Crippen LogP contribution in [-0.2, 0) is 4.74 Å². The number of carbonyl (C=O) groups is 1. The quantitative estimate of drug-likeness (QED) is 0.575. The Balaban J connectivity index is 2.69. The molecule has 1 aliphatic heterocycles. The molecule has 0 spiro atoms. The van der Waals surface area contributed by atoms with E-state index in [1.54, 1.807) is 0 Å². The van der Waals surface area contributed by atoms with Crippen molar-refractivity contribution < 1.29 is 14.6 Å². The molecule has 1 amide bonds. The fourth-order valence-corrected chi connectivity index (χ4v) is 1.08. The van der Waals surface area contributed by atoms with E-state index in [4.69, 9.17) is 5.26 Å². The summed E-state index contributed by atoms with van der Waals surface area (Å²) in [5.41, 5.74) is 0. The van der Waals surface area contributed by atoms with Crippen molar-refractivity contribution in [1.82, 2.24) is 4.90 Å². The second-order valence-electron chi connectivity index (χ2n) is 2.69. The van der Waals surface area contributed by atoms with Crippen molar-refractivity contribution in [2.45, 2.75) is 6.10 Å². The van der Waals surface area contributed by atoms with Crippen molar-refractivity contribution in [2.24, 2.45) is 5.92 Å². The average Bonchev–Trinajstić information content (AvgIpc) is 2.17. The first-order valence-corrected chi connectivity index (χ1v) is 3.79. The van der Waals surface area contributed by atoms with Crippen molar-refractivity contribution in [3.05, 3.63) is 12.3 Å². The van der Waals surface area contributed by atoms with Crippen molar-refractivity contribution in [2.75, 3.05) is 13.7 Å². The Hall–Kier alpha value is -1.54. The van der Waals surface area contributed by atoms with E-state index in [2.05, 4.69) is 4.74 Å². The summed E-state index contributed by atoms with van der Waals surface area (Å²) < 4.78 is 4.46. The lowest BCUT2D eigenvalue weighted by molar-refractivity contribution is 0.110. The SMILES string of the molecule is COC(=O)N1C=C[C@H](O)[C@H](C#N)C1. The number of methoxy groups -OCH3 is 1. The van der Waals surface area contributed by atoms with Crippen LogP contribution in [0.15, 0.2) is 12.3 Å². The summed E-state index contributed by atoms with van der Waals surface area (Å²) in [7, 11) is 1.27. The number of aliphatic hydroxyl groups excluding tert-OH is 1. The van der Waals surface area contributed by atoms with E-state index in [9.17, 15) is 9.90 Å². The second kappa shape index (κ2) is 3.92. The van der Waals surface area contributed by atoms with E-state index in [0.29, 0.717) is 0 Å². The molecule has 0 saturated heterocycles. The van der Waals surface area contributed by atoms with Crippen molar-refractivity contribution in [1.29, 1.82) is 5.26 Å². The number of nitrogens with zero attached hydrogens (tertiary/aromatic N) is 2. The van der Waals surface area contributed by atoms with Gasteiger partial charge in [0.1, 0.15) is 0 Å². The third-order valence-electron chi connectivity index (χ3n) is 1.84. The molecule has 0 unspecified atom stereocenters. The Morgan fingerprint density at radius 2 is 2.54 bits per heavy atom. The largest absolute Gasteiger partial charge is 0.452 e. The van der Waals surface area contributed by atoms with Gasteiger partial charge in [-0.15, -0.1) is 0 Å². The molecule has 0 aromatic heterocycles. The minimum Gasteiger partial charge on any atom is -0.452 e. The lowest BCUT2D eigenvalue weighted by atomic mass is 10.0. The fourth-order valence-electron chi connectivity index (χ4n) is 1.08. The summed E-state index contributed by atoms with van der Waals surface area (Å²) in [6.45, 7) is 0.167. The van der Waals surface area contributed by atoms with Crippen LogP contribution < -0.4 is 0 Å². The molecule has 0 saturated carbocycles. The van der Waals surface area contributed by atoms with E-state index in [-0.39, 0.29) is 6.54 Å². The van der Waals surface area contributed by atoms with Gasteiger partial charge in [-0.3, -0.25) is 4.90 Å². The fraction of sp³-hybridized carbons (Fsp3) is 0.500. The summed E-state index contributed by atoms with van der Waals surface area (Å²) in [6.07, 6.45) is 1.49. The van der Waals surface area contributed by atoms with Gasteiger partial charge in [-0.1, -0.05) is 0 Å². The first-order valence-electron chi connectivity index (χ1n) is 3.79.